The van der Waals surface area contributed by atoms with Gasteiger partial charge in [-0.25, -0.2) is 0 Å². The molecule has 1 saturated heterocycles. The minimum atomic E-state index is -0.366. The van der Waals surface area contributed by atoms with Gasteiger partial charge in [0.2, 0.25) is 0 Å². The summed E-state index contributed by atoms with van der Waals surface area (Å²) in [6, 6.07) is 22.0. The summed E-state index contributed by atoms with van der Waals surface area (Å²) in [6.45, 7) is 7.61. The van der Waals surface area contributed by atoms with Crippen molar-refractivity contribution < 1.29 is 9.53 Å². The quantitative estimate of drug-likeness (QED) is 0.415. The van der Waals surface area contributed by atoms with E-state index >= 15 is 0 Å². The summed E-state index contributed by atoms with van der Waals surface area (Å²) in [7, 11) is 0. The van der Waals surface area contributed by atoms with Crippen molar-refractivity contribution in [1.82, 2.24) is 0 Å². The Morgan fingerprint density at radius 1 is 0.711 bits per heavy atom. The second-order valence-corrected chi connectivity index (χ2v) is 14.1. The van der Waals surface area contributed by atoms with Crippen LogP contribution < -0.4 is 0 Å². The van der Waals surface area contributed by atoms with Crippen LogP contribution in [0.25, 0.3) is 0 Å². The van der Waals surface area contributed by atoms with Crippen LogP contribution in [-0.2, 0) is 15.1 Å². The van der Waals surface area contributed by atoms with E-state index in [1.54, 1.807) is 0 Å². The molecule has 7 rings (SSSR count). The molecule has 3 saturated carbocycles. The maximum Gasteiger partial charge on any atom is 0.155 e. The van der Waals surface area contributed by atoms with Crippen molar-refractivity contribution in [3.63, 3.8) is 0 Å². The van der Waals surface area contributed by atoms with Crippen molar-refractivity contribution in [2.75, 3.05) is 0 Å². The van der Waals surface area contributed by atoms with Crippen molar-refractivity contribution >= 4 is 5.78 Å². The predicted octanol–water partition coefficient (Wildman–Crippen LogP) is 8.65. The number of fused-ring (bicyclic) bond motifs is 5. The molecule has 0 bridgehead atoms. The van der Waals surface area contributed by atoms with Crippen LogP contribution in [0.5, 0.6) is 0 Å². The van der Waals surface area contributed by atoms with Crippen molar-refractivity contribution in [2.45, 2.75) is 96.2 Å². The Hall–Kier alpha value is -2.19. The molecular formula is C36H44O2. The Labute approximate surface area is 229 Å². The van der Waals surface area contributed by atoms with Gasteiger partial charge in [0.15, 0.2) is 5.78 Å². The Morgan fingerprint density at radius 2 is 1.39 bits per heavy atom. The van der Waals surface area contributed by atoms with Crippen molar-refractivity contribution in [2.24, 2.45) is 34.5 Å². The molecule has 2 nitrogen and oxygen atoms in total. The fourth-order valence-electron chi connectivity index (χ4n) is 10.7. The van der Waals surface area contributed by atoms with E-state index in [-0.39, 0.29) is 16.6 Å². The first-order valence-corrected chi connectivity index (χ1v) is 15.3. The van der Waals surface area contributed by atoms with Crippen LogP contribution in [0.15, 0.2) is 72.3 Å². The number of allylic oxidation sites excluding steroid dienone is 1. The highest BCUT2D eigenvalue weighted by atomic mass is 16.5. The van der Waals surface area contributed by atoms with Gasteiger partial charge < -0.3 is 4.74 Å². The van der Waals surface area contributed by atoms with Crippen LogP contribution in [0, 0.1) is 34.5 Å². The van der Waals surface area contributed by atoms with E-state index in [9.17, 15) is 4.79 Å². The van der Waals surface area contributed by atoms with E-state index in [1.807, 2.05) is 6.08 Å². The van der Waals surface area contributed by atoms with E-state index in [4.69, 9.17) is 4.74 Å². The number of hydrogen-bond acceptors (Lipinski definition) is 2. The monoisotopic (exact) mass is 508 g/mol. The van der Waals surface area contributed by atoms with Crippen molar-refractivity contribution in [3.8, 4) is 0 Å². The number of carbonyl (C=O) groups is 1. The average Bonchev–Trinajstić information content (AvgIpc) is 3.49. The van der Waals surface area contributed by atoms with Crippen LogP contribution >= 0.6 is 0 Å². The molecular weight excluding hydrogens is 464 g/mol. The van der Waals surface area contributed by atoms with Gasteiger partial charge in [0.05, 0.1) is 5.60 Å². The summed E-state index contributed by atoms with van der Waals surface area (Å²) in [5.74, 6) is 3.28. The lowest BCUT2D eigenvalue weighted by Crippen LogP contribution is -2.53. The highest BCUT2D eigenvalue weighted by Crippen LogP contribution is 2.69. The van der Waals surface area contributed by atoms with Gasteiger partial charge >= 0.3 is 0 Å². The Balaban J connectivity index is 1.21. The standard InChI is InChI=1S/C36H44O2/c1-33-20-18-28(37)24-27(33)14-15-29-30-16-17-32(34(30,2)21-19-31(29)33)35(3)22-23-36(38-35,25-10-6-4-7-11-25)26-12-8-5-9-13-26/h4-13,24,29-32H,14-23H2,1-3H3. The lowest BCUT2D eigenvalue weighted by molar-refractivity contribution is -0.150. The summed E-state index contributed by atoms with van der Waals surface area (Å²) in [4.78, 5) is 12.2. The molecule has 38 heavy (non-hydrogen) atoms. The van der Waals surface area contributed by atoms with E-state index < -0.39 is 0 Å². The minimum absolute atomic E-state index is 0.122. The van der Waals surface area contributed by atoms with Crippen LogP contribution in [0.3, 0.4) is 0 Å². The average molecular weight is 509 g/mol. The lowest BCUT2D eigenvalue weighted by atomic mass is 9.46. The first-order chi connectivity index (χ1) is 18.3. The Bertz CT molecular complexity index is 1210. The van der Waals surface area contributed by atoms with Crippen LogP contribution in [0.4, 0.5) is 0 Å². The SMILES string of the molecule is CC1(C2CCC3C4CCC5=CC(=O)CCC5(C)C4CCC32C)CCC(c2ccccc2)(c2ccccc2)O1. The summed E-state index contributed by atoms with van der Waals surface area (Å²) in [5.41, 5.74) is 4.17. The fraction of sp³-hybridized carbons (Fsp3) is 0.583. The third-order valence-electron chi connectivity index (χ3n) is 12.6. The van der Waals surface area contributed by atoms with Crippen LogP contribution in [0.1, 0.15) is 96.1 Å². The van der Waals surface area contributed by atoms with E-state index in [1.165, 1.54) is 48.8 Å². The molecule has 0 spiro atoms. The van der Waals surface area contributed by atoms with Gasteiger partial charge in [0.1, 0.15) is 5.60 Å². The normalized spacial score (nSPS) is 41.7. The summed E-state index contributed by atoms with van der Waals surface area (Å²) in [5, 5.41) is 0. The largest absolute Gasteiger partial charge is 0.359 e. The van der Waals surface area contributed by atoms with E-state index in [2.05, 4.69) is 81.4 Å². The molecule has 1 aliphatic heterocycles. The van der Waals surface area contributed by atoms with Crippen molar-refractivity contribution in [1.29, 1.82) is 0 Å². The van der Waals surface area contributed by atoms with Gasteiger partial charge in [-0.15, -0.1) is 0 Å². The van der Waals surface area contributed by atoms with Gasteiger partial charge in [-0.1, -0.05) is 80.1 Å². The summed E-state index contributed by atoms with van der Waals surface area (Å²) < 4.78 is 7.51. The summed E-state index contributed by atoms with van der Waals surface area (Å²) in [6.07, 6.45) is 13.7. The van der Waals surface area contributed by atoms with E-state index in [0.29, 0.717) is 17.1 Å². The second kappa shape index (κ2) is 8.65. The molecule has 7 atom stereocenters. The molecule has 2 aromatic carbocycles. The third-order valence-corrected chi connectivity index (χ3v) is 12.6. The molecule has 0 radical (unpaired) electrons. The number of ether oxygens (including phenoxy) is 1. The van der Waals surface area contributed by atoms with Gasteiger partial charge in [0, 0.05) is 6.42 Å². The zero-order chi connectivity index (χ0) is 26.2. The first-order valence-electron chi connectivity index (χ1n) is 15.3. The topological polar surface area (TPSA) is 26.3 Å². The van der Waals surface area contributed by atoms with Gasteiger partial charge in [-0.3, -0.25) is 4.79 Å². The highest BCUT2D eigenvalue weighted by Gasteiger charge is 2.64. The second-order valence-electron chi connectivity index (χ2n) is 14.1. The Morgan fingerprint density at radius 3 is 2.08 bits per heavy atom. The van der Waals surface area contributed by atoms with Gasteiger partial charge in [0.25, 0.3) is 0 Å². The lowest BCUT2D eigenvalue weighted by Gasteiger charge is -2.59. The highest BCUT2D eigenvalue weighted by molar-refractivity contribution is 5.91. The van der Waals surface area contributed by atoms with E-state index in [0.717, 1.165) is 49.9 Å². The molecule has 7 unspecified atom stereocenters. The molecule has 4 fully saturated rings. The number of ketones is 1. The number of carbonyl (C=O) groups excluding carboxylic acids is 1. The molecule has 0 amide bonds. The molecule has 5 aliphatic rings. The summed E-state index contributed by atoms with van der Waals surface area (Å²) >= 11 is 0. The zero-order valence-electron chi connectivity index (χ0n) is 23.5. The number of rotatable bonds is 3. The molecule has 1 heterocycles. The Kier molecular flexibility index (Phi) is 5.65. The zero-order valence-corrected chi connectivity index (χ0v) is 23.5. The fourth-order valence-corrected chi connectivity index (χ4v) is 10.7. The number of hydrogen-bond donors (Lipinski definition) is 0. The molecule has 4 aliphatic carbocycles. The van der Waals surface area contributed by atoms with Crippen molar-refractivity contribution in [3.05, 3.63) is 83.4 Å². The third kappa shape index (κ3) is 3.44. The first kappa shape index (κ1) is 24.8. The number of benzene rings is 2. The maximum atomic E-state index is 12.2. The molecule has 0 N–H and O–H groups in total. The smallest absolute Gasteiger partial charge is 0.155 e. The maximum absolute atomic E-state index is 12.2. The molecule has 2 heteroatoms. The minimum Gasteiger partial charge on any atom is -0.359 e. The van der Waals surface area contributed by atoms with Gasteiger partial charge in [-0.2, -0.15) is 0 Å². The molecule has 0 aromatic heterocycles. The molecule has 200 valence electrons. The predicted molar refractivity (Wildman–Crippen MR) is 153 cm³/mol. The van der Waals surface area contributed by atoms with Crippen LogP contribution in [0.2, 0.25) is 0 Å². The van der Waals surface area contributed by atoms with Crippen LogP contribution in [-0.4, -0.2) is 11.4 Å². The molecule has 2 aromatic rings. The van der Waals surface area contributed by atoms with Gasteiger partial charge in [-0.05, 0) is 116 Å².